The van der Waals surface area contributed by atoms with E-state index in [-0.39, 0.29) is 11.3 Å². The van der Waals surface area contributed by atoms with Crippen molar-refractivity contribution in [2.45, 2.75) is 6.92 Å². The number of hydrogen-bond acceptors (Lipinski definition) is 3. The molecule has 1 aromatic carbocycles. The van der Waals surface area contributed by atoms with Gasteiger partial charge in [-0.05, 0) is 31.2 Å². The minimum Gasteiger partial charge on any atom is -0.497 e. The molecule has 0 saturated carbocycles. The molecule has 0 atom stereocenters. The van der Waals surface area contributed by atoms with Crippen LogP contribution < -0.4 is 4.74 Å². The third-order valence-electron chi connectivity index (χ3n) is 2.39. The maximum absolute atomic E-state index is 13.6. The van der Waals surface area contributed by atoms with E-state index < -0.39 is 11.6 Å². The Hall–Kier alpha value is -2.10. The van der Waals surface area contributed by atoms with Crippen molar-refractivity contribution in [3.63, 3.8) is 0 Å². The van der Waals surface area contributed by atoms with Crippen molar-refractivity contribution in [1.29, 1.82) is 0 Å². The molecule has 0 aliphatic carbocycles. The summed E-state index contributed by atoms with van der Waals surface area (Å²) in [5.74, 6) is 0.0187. The minimum atomic E-state index is -0.622. The van der Waals surface area contributed by atoms with Crippen LogP contribution >= 0.6 is 0 Å². The van der Waals surface area contributed by atoms with Gasteiger partial charge in [0.05, 0.1) is 12.7 Å². The molecule has 0 amide bonds. The molecular formula is C13H11FO3. The predicted molar refractivity (Wildman–Crippen MR) is 59.8 cm³/mol. The first kappa shape index (κ1) is 11.4. The summed E-state index contributed by atoms with van der Waals surface area (Å²) >= 11 is 0. The van der Waals surface area contributed by atoms with Gasteiger partial charge in [0.1, 0.15) is 17.3 Å². The number of hydrogen-bond donors (Lipinski definition) is 0. The lowest BCUT2D eigenvalue weighted by atomic mass is 10.1. The molecule has 0 fully saturated rings. The molecule has 0 aliphatic heterocycles. The number of ether oxygens (including phenoxy) is 1. The number of rotatable bonds is 3. The van der Waals surface area contributed by atoms with E-state index in [9.17, 15) is 9.18 Å². The van der Waals surface area contributed by atoms with Crippen LogP contribution in [0.3, 0.4) is 0 Å². The van der Waals surface area contributed by atoms with Crippen LogP contribution in [0.1, 0.15) is 21.9 Å². The molecule has 0 aliphatic rings. The van der Waals surface area contributed by atoms with Crippen molar-refractivity contribution in [2.24, 2.45) is 0 Å². The van der Waals surface area contributed by atoms with Crippen molar-refractivity contribution in [3.05, 3.63) is 53.2 Å². The quantitative estimate of drug-likeness (QED) is 0.766. The number of carbonyl (C=O) groups is 1. The third kappa shape index (κ3) is 2.20. The summed E-state index contributed by atoms with van der Waals surface area (Å²) in [5, 5.41) is 0. The van der Waals surface area contributed by atoms with Gasteiger partial charge in [-0.1, -0.05) is 0 Å². The Morgan fingerprint density at radius 2 is 2.06 bits per heavy atom. The van der Waals surface area contributed by atoms with Gasteiger partial charge in [-0.3, -0.25) is 4.79 Å². The summed E-state index contributed by atoms with van der Waals surface area (Å²) in [6.07, 6.45) is 0. The number of carbonyl (C=O) groups excluding carboxylic acids is 1. The Labute approximate surface area is 97.8 Å². The highest BCUT2D eigenvalue weighted by molar-refractivity contribution is 6.07. The smallest absolute Gasteiger partial charge is 0.231 e. The van der Waals surface area contributed by atoms with Crippen LogP contribution in [0.15, 0.2) is 34.7 Å². The van der Waals surface area contributed by atoms with Gasteiger partial charge in [0.2, 0.25) is 5.78 Å². The molecule has 17 heavy (non-hydrogen) atoms. The second-order valence-corrected chi connectivity index (χ2v) is 3.59. The standard InChI is InChI=1S/C13H11FO3/c1-8-3-6-12(17-8)13(15)10-5-4-9(16-2)7-11(10)14/h3-7H,1-2H3. The lowest BCUT2D eigenvalue weighted by Crippen LogP contribution is -2.03. The molecular weight excluding hydrogens is 223 g/mol. The van der Waals surface area contributed by atoms with Gasteiger partial charge in [-0.25, -0.2) is 4.39 Å². The molecule has 88 valence electrons. The van der Waals surface area contributed by atoms with Crippen LogP contribution in [0.25, 0.3) is 0 Å². The van der Waals surface area contributed by atoms with Crippen molar-refractivity contribution >= 4 is 5.78 Å². The fourth-order valence-electron chi connectivity index (χ4n) is 1.50. The largest absolute Gasteiger partial charge is 0.497 e. The molecule has 0 bridgehead atoms. The van der Waals surface area contributed by atoms with E-state index in [1.165, 1.54) is 31.4 Å². The van der Waals surface area contributed by atoms with E-state index in [1.54, 1.807) is 13.0 Å². The van der Waals surface area contributed by atoms with E-state index >= 15 is 0 Å². The summed E-state index contributed by atoms with van der Waals surface area (Å²) in [7, 11) is 1.44. The maximum atomic E-state index is 13.6. The van der Waals surface area contributed by atoms with E-state index in [0.717, 1.165) is 0 Å². The topological polar surface area (TPSA) is 39.4 Å². The highest BCUT2D eigenvalue weighted by Gasteiger charge is 2.17. The normalized spacial score (nSPS) is 10.3. The van der Waals surface area contributed by atoms with Crippen LogP contribution in [0.5, 0.6) is 5.75 Å². The fourth-order valence-corrected chi connectivity index (χ4v) is 1.50. The van der Waals surface area contributed by atoms with Gasteiger partial charge in [0.15, 0.2) is 5.76 Å². The number of ketones is 1. The maximum Gasteiger partial charge on any atom is 0.231 e. The number of benzene rings is 1. The second-order valence-electron chi connectivity index (χ2n) is 3.59. The molecule has 0 spiro atoms. The average molecular weight is 234 g/mol. The van der Waals surface area contributed by atoms with Gasteiger partial charge < -0.3 is 9.15 Å². The molecule has 0 radical (unpaired) electrons. The fraction of sp³-hybridized carbons (Fsp3) is 0.154. The van der Waals surface area contributed by atoms with Gasteiger partial charge in [0, 0.05) is 6.07 Å². The van der Waals surface area contributed by atoms with E-state index in [0.29, 0.717) is 11.5 Å². The van der Waals surface area contributed by atoms with Crippen LogP contribution in [0.2, 0.25) is 0 Å². The first-order valence-electron chi connectivity index (χ1n) is 5.06. The molecule has 3 nitrogen and oxygen atoms in total. The van der Waals surface area contributed by atoms with Crippen LogP contribution in [0.4, 0.5) is 4.39 Å². The summed E-state index contributed by atoms with van der Waals surface area (Å²) in [4.78, 5) is 11.9. The lowest BCUT2D eigenvalue weighted by Gasteiger charge is -2.03. The van der Waals surface area contributed by atoms with E-state index in [1.807, 2.05) is 0 Å². The third-order valence-corrected chi connectivity index (χ3v) is 2.39. The SMILES string of the molecule is COc1ccc(C(=O)c2ccc(C)o2)c(F)c1. The Morgan fingerprint density at radius 3 is 2.59 bits per heavy atom. The Kier molecular flexibility index (Phi) is 2.95. The zero-order valence-corrected chi connectivity index (χ0v) is 9.49. The Balaban J connectivity index is 2.37. The predicted octanol–water partition coefficient (Wildman–Crippen LogP) is 2.97. The molecule has 0 unspecified atom stereocenters. The molecule has 2 aromatic rings. The first-order chi connectivity index (χ1) is 8.11. The molecule has 1 heterocycles. The Morgan fingerprint density at radius 1 is 1.29 bits per heavy atom. The zero-order chi connectivity index (χ0) is 12.4. The average Bonchev–Trinajstić information content (AvgIpc) is 2.75. The summed E-state index contributed by atoms with van der Waals surface area (Å²) in [6, 6.07) is 7.28. The number of methoxy groups -OCH3 is 1. The number of furan rings is 1. The van der Waals surface area contributed by atoms with Gasteiger partial charge in [0.25, 0.3) is 0 Å². The minimum absolute atomic E-state index is 0.0276. The molecule has 2 rings (SSSR count). The summed E-state index contributed by atoms with van der Waals surface area (Å²) in [6.45, 7) is 1.72. The molecule has 0 N–H and O–H groups in total. The lowest BCUT2D eigenvalue weighted by molar-refractivity contribution is 0.100. The first-order valence-corrected chi connectivity index (χ1v) is 5.06. The highest BCUT2D eigenvalue weighted by atomic mass is 19.1. The van der Waals surface area contributed by atoms with E-state index in [4.69, 9.17) is 9.15 Å². The van der Waals surface area contributed by atoms with Crippen molar-refractivity contribution in [3.8, 4) is 5.75 Å². The summed E-state index contributed by atoms with van der Waals surface area (Å²) < 4.78 is 23.7. The molecule has 1 aromatic heterocycles. The number of aryl methyl sites for hydroxylation is 1. The van der Waals surface area contributed by atoms with Gasteiger partial charge in [-0.15, -0.1) is 0 Å². The van der Waals surface area contributed by atoms with Crippen LogP contribution in [-0.4, -0.2) is 12.9 Å². The van der Waals surface area contributed by atoms with Crippen LogP contribution in [0, 0.1) is 12.7 Å². The monoisotopic (exact) mass is 234 g/mol. The highest BCUT2D eigenvalue weighted by Crippen LogP contribution is 2.20. The van der Waals surface area contributed by atoms with E-state index in [2.05, 4.69) is 0 Å². The van der Waals surface area contributed by atoms with Crippen LogP contribution in [-0.2, 0) is 0 Å². The molecule has 4 heteroatoms. The zero-order valence-electron chi connectivity index (χ0n) is 9.49. The van der Waals surface area contributed by atoms with Crippen molar-refractivity contribution in [2.75, 3.05) is 7.11 Å². The van der Waals surface area contributed by atoms with Crippen molar-refractivity contribution < 1.29 is 18.3 Å². The van der Waals surface area contributed by atoms with Gasteiger partial charge in [-0.2, -0.15) is 0 Å². The van der Waals surface area contributed by atoms with Gasteiger partial charge >= 0.3 is 0 Å². The van der Waals surface area contributed by atoms with Crippen molar-refractivity contribution in [1.82, 2.24) is 0 Å². The number of halogens is 1. The second kappa shape index (κ2) is 4.41. The Bertz CT molecular complexity index is 558. The summed E-state index contributed by atoms with van der Waals surface area (Å²) in [5.41, 5.74) is -0.0276. The molecule has 0 saturated heterocycles.